The molecule has 3 rings (SSSR count). The first kappa shape index (κ1) is 16.2. The number of para-hydroxylation sites is 1. The average molecular weight is 342 g/mol. The lowest BCUT2D eigenvalue weighted by Crippen LogP contribution is -2.24. The van der Waals surface area contributed by atoms with Gasteiger partial charge in [-0.05, 0) is 23.8 Å². The van der Waals surface area contributed by atoms with Crippen LogP contribution in [0.1, 0.15) is 5.82 Å². The molecular formula is C17H18N4O2S. The second-order valence-corrected chi connectivity index (χ2v) is 7.16. The molecule has 0 unspecified atom stereocenters. The summed E-state index contributed by atoms with van der Waals surface area (Å²) in [4.78, 5) is 4.30. The van der Waals surface area contributed by atoms with Crippen LogP contribution in [0.15, 0.2) is 65.8 Å². The van der Waals surface area contributed by atoms with Gasteiger partial charge in [-0.3, -0.25) is 0 Å². The maximum Gasteiger partial charge on any atom is 0.240 e. The number of imidazole rings is 1. The molecule has 0 amide bonds. The number of nitrogen functional groups attached to an aromatic ring is 1. The summed E-state index contributed by atoms with van der Waals surface area (Å²) in [6, 6.07) is 14.1. The van der Waals surface area contributed by atoms with Gasteiger partial charge in [0.05, 0.1) is 11.4 Å². The molecule has 2 aromatic carbocycles. The topological polar surface area (TPSA) is 90.0 Å². The third-order valence-electron chi connectivity index (χ3n) is 3.78. The summed E-state index contributed by atoms with van der Waals surface area (Å²) in [5.74, 6) is 0.646. The molecule has 0 aliphatic carbocycles. The molecule has 0 spiro atoms. The van der Waals surface area contributed by atoms with Crippen molar-refractivity contribution in [3.8, 4) is 11.1 Å². The Balaban J connectivity index is 1.79. The number of nitrogens with one attached hydrogen (secondary N) is 1. The minimum atomic E-state index is -3.60. The highest BCUT2D eigenvalue weighted by atomic mass is 32.2. The molecule has 1 aromatic heterocycles. The summed E-state index contributed by atoms with van der Waals surface area (Å²) in [6.07, 6.45) is 3.39. The number of sulfonamides is 1. The molecular weight excluding hydrogens is 324 g/mol. The quantitative estimate of drug-likeness (QED) is 0.695. The Hall–Kier alpha value is -2.64. The molecule has 0 saturated heterocycles. The van der Waals surface area contributed by atoms with Crippen LogP contribution in [-0.2, 0) is 23.6 Å². The van der Waals surface area contributed by atoms with Crippen LogP contribution in [-0.4, -0.2) is 18.0 Å². The van der Waals surface area contributed by atoms with Crippen LogP contribution in [0.4, 0.5) is 5.69 Å². The molecule has 124 valence electrons. The monoisotopic (exact) mass is 342 g/mol. The Morgan fingerprint density at radius 2 is 1.83 bits per heavy atom. The fourth-order valence-electron chi connectivity index (χ4n) is 2.38. The van der Waals surface area contributed by atoms with Gasteiger partial charge >= 0.3 is 0 Å². The fraction of sp³-hybridized carbons (Fsp3) is 0.118. The highest BCUT2D eigenvalue weighted by molar-refractivity contribution is 7.89. The average Bonchev–Trinajstić information content (AvgIpc) is 2.99. The number of benzene rings is 2. The maximum atomic E-state index is 12.4. The van der Waals surface area contributed by atoms with E-state index in [0.717, 1.165) is 11.1 Å². The van der Waals surface area contributed by atoms with Crippen molar-refractivity contribution in [2.45, 2.75) is 11.4 Å². The van der Waals surface area contributed by atoms with Crippen LogP contribution < -0.4 is 10.5 Å². The van der Waals surface area contributed by atoms with Crippen molar-refractivity contribution in [1.29, 1.82) is 0 Å². The van der Waals surface area contributed by atoms with E-state index in [4.69, 9.17) is 5.73 Å². The van der Waals surface area contributed by atoms with Gasteiger partial charge in [-0.2, -0.15) is 0 Å². The Labute approximate surface area is 141 Å². The molecule has 24 heavy (non-hydrogen) atoms. The third kappa shape index (κ3) is 3.32. The molecule has 0 aliphatic rings. The first-order chi connectivity index (χ1) is 11.5. The smallest absolute Gasteiger partial charge is 0.240 e. The lowest BCUT2D eigenvalue weighted by molar-refractivity contribution is 0.577. The molecule has 3 aromatic rings. The van der Waals surface area contributed by atoms with Gasteiger partial charge in [0, 0.05) is 30.7 Å². The second kappa shape index (κ2) is 6.46. The fourth-order valence-corrected chi connectivity index (χ4v) is 3.36. The lowest BCUT2D eigenvalue weighted by atomic mass is 10.0. The predicted molar refractivity (Wildman–Crippen MR) is 93.5 cm³/mol. The molecule has 3 N–H and O–H groups in total. The van der Waals surface area contributed by atoms with Gasteiger partial charge in [-0.1, -0.05) is 30.3 Å². The molecule has 0 bridgehead atoms. The molecule has 0 atom stereocenters. The minimum Gasteiger partial charge on any atom is -0.398 e. The van der Waals surface area contributed by atoms with Crippen LogP contribution in [0, 0.1) is 0 Å². The number of aromatic nitrogens is 2. The minimum absolute atomic E-state index is 0.138. The number of rotatable bonds is 5. The van der Waals surface area contributed by atoms with E-state index in [9.17, 15) is 8.42 Å². The SMILES string of the molecule is Cn1ccnc1CNS(=O)(=O)c1ccc(-c2ccccc2N)cc1. The zero-order valence-corrected chi connectivity index (χ0v) is 14.0. The predicted octanol–water partition coefficient (Wildman–Crippen LogP) is 2.15. The van der Waals surface area contributed by atoms with Gasteiger partial charge in [0.15, 0.2) is 0 Å². The largest absolute Gasteiger partial charge is 0.398 e. The van der Waals surface area contributed by atoms with E-state index in [1.165, 1.54) is 0 Å². The van der Waals surface area contributed by atoms with Crippen molar-refractivity contribution in [3.05, 3.63) is 66.7 Å². The van der Waals surface area contributed by atoms with Crippen molar-refractivity contribution < 1.29 is 8.42 Å². The third-order valence-corrected chi connectivity index (χ3v) is 5.19. The van der Waals surface area contributed by atoms with Crippen molar-refractivity contribution >= 4 is 15.7 Å². The van der Waals surface area contributed by atoms with Crippen LogP contribution in [0.25, 0.3) is 11.1 Å². The molecule has 6 nitrogen and oxygen atoms in total. The maximum absolute atomic E-state index is 12.4. The number of nitrogens with two attached hydrogens (primary N) is 1. The van der Waals surface area contributed by atoms with Gasteiger partial charge in [0.25, 0.3) is 0 Å². The number of nitrogens with zero attached hydrogens (tertiary/aromatic N) is 2. The lowest BCUT2D eigenvalue weighted by Gasteiger charge is -2.09. The van der Waals surface area contributed by atoms with Crippen molar-refractivity contribution in [2.24, 2.45) is 7.05 Å². The Bertz CT molecular complexity index is 947. The highest BCUT2D eigenvalue weighted by Crippen LogP contribution is 2.26. The van der Waals surface area contributed by atoms with Crippen molar-refractivity contribution in [1.82, 2.24) is 14.3 Å². The summed E-state index contributed by atoms with van der Waals surface area (Å²) in [7, 11) is -1.78. The van der Waals surface area contributed by atoms with Crippen molar-refractivity contribution in [2.75, 3.05) is 5.73 Å². The van der Waals surface area contributed by atoms with Crippen LogP contribution in [0.3, 0.4) is 0 Å². The van der Waals surface area contributed by atoms with Crippen molar-refractivity contribution in [3.63, 3.8) is 0 Å². The summed E-state index contributed by atoms with van der Waals surface area (Å²) < 4.78 is 29.1. The highest BCUT2D eigenvalue weighted by Gasteiger charge is 2.15. The number of aryl methyl sites for hydroxylation is 1. The van der Waals surface area contributed by atoms with Gasteiger partial charge in [-0.25, -0.2) is 18.1 Å². The Morgan fingerprint density at radius 3 is 2.46 bits per heavy atom. The van der Waals surface area contributed by atoms with E-state index in [-0.39, 0.29) is 11.4 Å². The number of anilines is 1. The Kier molecular flexibility index (Phi) is 4.37. The van der Waals surface area contributed by atoms with Crippen LogP contribution >= 0.6 is 0 Å². The van der Waals surface area contributed by atoms with E-state index in [0.29, 0.717) is 11.5 Å². The van der Waals surface area contributed by atoms with Gasteiger partial charge in [0.1, 0.15) is 5.82 Å². The molecule has 0 saturated carbocycles. The zero-order chi connectivity index (χ0) is 17.2. The summed E-state index contributed by atoms with van der Waals surface area (Å²) in [6.45, 7) is 0.138. The second-order valence-electron chi connectivity index (χ2n) is 5.39. The van der Waals surface area contributed by atoms with E-state index in [1.54, 1.807) is 41.2 Å². The van der Waals surface area contributed by atoms with E-state index in [1.807, 2.05) is 31.3 Å². The van der Waals surface area contributed by atoms with Crippen LogP contribution in [0.5, 0.6) is 0 Å². The van der Waals surface area contributed by atoms with Gasteiger partial charge in [-0.15, -0.1) is 0 Å². The first-order valence-corrected chi connectivity index (χ1v) is 8.86. The molecule has 0 fully saturated rings. The Morgan fingerprint density at radius 1 is 1.12 bits per heavy atom. The van der Waals surface area contributed by atoms with Crippen LogP contribution in [0.2, 0.25) is 0 Å². The normalized spacial score (nSPS) is 11.5. The summed E-state index contributed by atoms with van der Waals surface area (Å²) >= 11 is 0. The van der Waals surface area contributed by atoms with Gasteiger partial charge in [0.2, 0.25) is 10.0 Å². The summed E-state index contributed by atoms with van der Waals surface area (Å²) in [5.41, 5.74) is 8.36. The van der Waals surface area contributed by atoms with Gasteiger partial charge < -0.3 is 10.3 Å². The molecule has 0 radical (unpaired) electrons. The standard InChI is InChI=1S/C17H18N4O2S/c1-21-11-10-19-17(21)12-20-24(22,23)14-8-6-13(7-9-14)15-4-2-3-5-16(15)18/h2-11,20H,12,18H2,1H3. The number of hydrogen-bond acceptors (Lipinski definition) is 4. The molecule has 0 aliphatic heterocycles. The van der Waals surface area contributed by atoms with E-state index >= 15 is 0 Å². The molecule has 1 heterocycles. The van der Waals surface area contributed by atoms with E-state index < -0.39 is 10.0 Å². The molecule has 7 heteroatoms. The first-order valence-electron chi connectivity index (χ1n) is 7.38. The zero-order valence-electron chi connectivity index (χ0n) is 13.2. The summed E-state index contributed by atoms with van der Waals surface area (Å²) in [5, 5.41) is 0. The number of hydrogen-bond donors (Lipinski definition) is 2. The van der Waals surface area contributed by atoms with E-state index in [2.05, 4.69) is 9.71 Å².